The number of ether oxygens (including phenoxy) is 1. The van der Waals surface area contributed by atoms with Gasteiger partial charge in [-0.05, 0) is 62.2 Å². The highest BCUT2D eigenvalue weighted by molar-refractivity contribution is 6.30. The van der Waals surface area contributed by atoms with Crippen molar-refractivity contribution in [3.05, 3.63) is 64.7 Å². The maximum absolute atomic E-state index is 12.4. The largest absolute Gasteiger partial charge is 0.478 e. The molecule has 0 bridgehead atoms. The summed E-state index contributed by atoms with van der Waals surface area (Å²) in [5.41, 5.74) is -2.90. The van der Waals surface area contributed by atoms with Crippen molar-refractivity contribution >= 4 is 23.4 Å². The summed E-state index contributed by atoms with van der Waals surface area (Å²) >= 11 is 5.78. The Morgan fingerprint density at radius 2 is 1.55 bits per heavy atom. The lowest BCUT2D eigenvalue weighted by atomic mass is 10.0. The van der Waals surface area contributed by atoms with Crippen molar-refractivity contribution in [2.45, 2.75) is 19.3 Å². The summed E-state index contributed by atoms with van der Waals surface area (Å²) in [5, 5.41) is 9.82. The molecule has 1 N–H and O–H groups in total. The molecular formula is C17H15ClO4. The van der Waals surface area contributed by atoms with Crippen LogP contribution >= 0.6 is 11.6 Å². The molecular weight excluding hydrogens is 304 g/mol. The fourth-order valence-corrected chi connectivity index (χ4v) is 1.79. The van der Waals surface area contributed by atoms with Gasteiger partial charge < -0.3 is 9.84 Å². The van der Waals surface area contributed by atoms with E-state index in [1.54, 1.807) is 12.1 Å². The number of carboxylic acid groups (broad SMARTS) is 1. The molecule has 22 heavy (non-hydrogen) atoms. The smallest absolute Gasteiger partial charge is 0.347 e. The molecule has 0 aliphatic carbocycles. The van der Waals surface area contributed by atoms with Crippen molar-refractivity contribution in [3.8, 4) is 5.75 Å². The summed E-state index contributed by atoms with van der Waals surface area (Å²) in [5.74, 6) is -2.82. The van der Waals surface area contributed by atoms with Crippen LogP contribution in [0.25, 0.3) is 0 Å². The molecule has 0 amide bonds. The number of carbonyl (C=O) groups is 2. The molecule has 0 aromatic heterocycles. The van der Waals surface area contributed by atoms with Gasteiger partial charge >= 0.3 is 5.97 Å². The summed E-state index contributed by atoms with van der Waals surface area (Å²) in [6.07, 6.45) is 0. The van der Waals surface area contributed by atoms with Crippen molar-refractivity contribution in [2.75, 3.05) is 0 Å². The van der Waals surface area contributed by atoms with Crippen molar-refractivity contribution in [1.82, 2.24) is 0 Å². The minimum Gasteiger partial charge on any atom is -0.478 e. The van der Waals surface area contributed by atoms with Gasteiger partial charge in [-0.25, -0.2) is 4.79 Å². The molecule has 2 rings (SSSR count). The Bertz CT molecular complexity index is 859. The standard InChI is InChI=1S/C17H15ClO4/c1-17(2,16(20)21)22-14-9-5-12(6-10-14)15(19)11-3-7-13(18)8-4-11/h3-10H,1-2H3,(H,20,21)/i1D3,2D3. The Balaban J connectivity index is 2.37. The Morgan fingerprint density at radius 1 is 1.05 bits per heavy atom. The number of carbonyl (C=O) groups excluding carboxylic acids is 1. The van der Waals surface area contributed by atoms with Gasteiger partial charge in [0, 0.05) is 24.4 Å². The lowest BCUT2D eigenvalue weighted by molar-refractivity contribution is -0.152. The molecule has 0 atom stereocenters. The van der Waals surface area contributed by atoms with Gasteiger partial charge in [0.15, 0.2) is 11.4 Å². The van der Waals surface area contributed by atoms with Gasteiger partial charge in [-0.2, -0.15) is 0 Å². The summed E-state index contributed by atoms with van der Waals surface area (Å²) in [4.78, 5) is 24.0. The van der Waals surface area contributed by atoms with E-state index in [1.807, 2.05) is 0 Å². The van der Waals surface area contributed by atoms with Crippen LogP contribution in [0.5, 0.6) is 5.75 Å². The monoisotopic (exact) mass is 324 g/mol. The molecule has 5 heteroatoms. The number of benzene rings is 2. The number of aliphatic carboxylic acids is 1. The van der Waals surface area contributed by atoms with Gasteiger partial charge in [-0.3, -0.25) is 4.79 Å². The SMILES string of the molecule is [2H]C([2H])([2H])C(Oc1ccc(C(=O)c2ccc(Cl)cc2)cc1)(C(=O)O)C([2H])([2H])[2H]. The van der Waals surface area contributed by atoms with Crippen molar-refractivity contribution in [3.63, 3.8) is 0 Å². The molecule has 0 fully saturated rings. The average molecular weight is 325 g/mol. The number of hydrogen-bond donors (Lipinski definition) is 1. The van der Waals surface area contributed by atoms with E-state index in [4.69, 9.17) is 24.6 Å². The fourth-order valence-electron chi connectivity index (χ4n) is 1.66. The molecule has 4 nitrogen and oxygen atoms in total. The summed E-state index contributed by atoms with van der Waals surface area (Å²) in [6.45, 7) is -6.97. The van der Waals surface area contributed by atoms with Gasteiger partial charge in [-0.1, -0.05) is 11.6 Å². The zero-order valence-corrected chi connectivity index (χ0v) is 11.9. The maximum Gasteiger partial charge on any atom is 0.347 e. The zero-order chi connectivity index (χ0) is 21.3. The van der Waals surface area contributed by atoms with Crippen LogP contribution in [-0.4, -0.2) is 22.5 Å². The Hall–Kier alpha value is -2.33. The first-order valence-electron chi connectivity index (χ1n) is 9.12. The second-order valence-electron chi connectivity index (χ2n) is 4.45. The van der Waals surface area contributed by atoms with Crippen LogP contribution < -0.4 is 4.74 Å². The molecule has 2 aromatic carbocycles. The maximum atomic E-state index is 12.4. The van der Waals surface area contributed by atoms with Gasteiger partial charge in [0.05, 0.1) is 0 Å². The van der Waals surface area contributed by atoms with E-state index in [1.165, 1.54) is 24.3 Å². The number of hydrogen-bond acceptors (Lipinski definition) is 3. The topological polar surface area (TPSA) is 63.6 Å². The number of rotatable bonds is 5. The third kappa shape index (κ3) is 3.65. The van der Waals surface area contributed by atoms with E-state index in [-0.39, 0.29) is 17.1 Å². The minimum atomic E-state index is -3.48. The third-order valence-electron chi connectivity index (χ3n) is 2.80. The van der Waals surface area contributed by atoms with Crippen LogP contribution in [0.1, 0.15) is 37.8 Å². The number of carboxylic acids is 1. The molecule has 114 valence electrons. The van der Waals surface area contributed by atoms with Crippen LogP contribution in [0.15, 0.2) is 48.5 Å². The van der Waals surface area contributed by atoms with E-state index in [2.05, 4.69) is 0 Å². The molecule has 0 heterocycles. The third-order valence-corrected chi connectivity index (χ3v) is 3.05. The van der Waals surface area contributed by atoms with Crippen LogP contribution in [0, 0.1) is 0 Å². The highest BCUT2D eigenvalue weighted by Crippen LogP contribution is 2.21. The van der Waals surface area contributed by atoms with E-state index >= 15 is 0 Å². The fraction of sp³-hybridized carbons (Fsp3) is 0.176. The molecule has 0 saturated heterocycles. The average Bonchev–Trinajstić information content (AvgIpc) is 2.57. The Labute approximate surface area is 141 Å². The minimum absolute atomic E-state index is 0.207. The normalized spacial score (nSPS) is 16.2. The molecule has 0 aliphatic rings. The predicted molar refractivity (Wildman–Crippen MR) is 83.7 cm³/mol. The molecule has 0 unspecified atom stereocenters. The summed E-state index contributed by atoms with van der Waals surface area (Å²) < 4.78 is 49.5. The molecule has 0 aliphatic heterocycles. The van der Waals surface area contributed by atoms with Crippen LogP contribution in [0.2, 0.25) is 5.02 Å². The summed E-state index contributed by atoms with van der Waals surface area (Å²) in [6, 6.07) is 11.0. The van der Waals surface area contributed by atoms with Crippen molar-refractivity contribution in [2.24, 2.45) is 0 Å². The first-order valence-corrected chi connectivity index (χ1v) is 6.50. The molecule has 2 aromatic rings. The zero-order valence-electron chi connectivity index (χ0n) is 17.2. The quantitative estimate of drug-likeness (QED) is 0.849. The first-order chi connectivity index (χ1) is 12.8. The van der Waals surface area contributed by atoms with E-state index in [0.717, 1.165) is 12.1 Å². The van der Waals surface area contributed by atoms with Crippen LogP contribution in [0.3, 0.4) is 0 Å². The molecule has 0 saturated carbocycles. The lowest BCUT2D eigenvalue weighted by Crippen LogP contribution is -2.37. The van der Waals surface area contributed by atoms with E-state index < -0.39 is 25.3 Å². The van der Waals surface area contributed by atoms with Gasteiger partial charge in [0.2, 0.25) is 0 Å². The Morgan fingerprint density at radius 3 is 2.00 bits per heavy atom. The summed E-state index contributed by atoms with van der Waals surface area (Å²) in [7, 11) is 0. The number of ketones is 1. The highest BCUT2D eigenvalue weighted by atomic mass is 35.5. The highest BCUT2D eigenvalue weighted by Gasteiger charge is 2.29. The van der Waals surface area contributed by atoms with E-state index in [0.29, 0.717) is 10.6 Å². The van der Waals surface area contributed by atoms with Gasteiger partial charge in [-0.15, -0.1) is 0 Å². The van der Waals surface area contributed by atoms with Crippen molar-refractivity contribution in [1.29, 1.82) is 0 Å². The van der Waals surface area contributed by atoms with E-state index in [9.17, 15) is 14.7 Å². The number of halogens is 1. The van der Waals surface area contributed by atoms with Crippen LogP contribution in [0.4, 0.5) is 0 Å². The molecule has 0 spiro atoms. The van der Waals surface area contributed by atoms with Gasteiger partial charge in [0.1, 0.15) is 5.75 Å². The Kier molecular flexibility index (Phi) is 2.72. The van der Waals surface area contributed by atoms with Crippen LogP contribution in [-0.2, 0) is 4.79 Å². The lowest BCUT2D eigenvalue weighted by Gasteiger charge is -2.21. The first kappa shape index (κ1) is 9.64. The van der Waals surface area contributed by atoms with Gasteiger partial charge in [0.25, 0.3) is 0 Å². The second-order valence-corrected chi connectivity index (χ2v) is 4.89. The van der Waals surface area contributed by atoms with Crippen molar-refractivity contribution < 1.29 is 27.7 Å². The second kappa shape index (κ2) is 6.20. The molecule has 0 radical (unpaired) electrons. The predicted octanol–water partition coefficient (Wildman–Crippen LogP) is 3.81.